The average Bonchev–Trinajstić information content (AvgIpc) is 2.67. The van der Waals surface area contributed by atoms with Gasteiger partial charge in [-0.15, -0.1) is 0 Å². The quantitative estimate of drug-likeness (QED) is 0.892. The van der Waals surface area contributed by atoms with E-state index in [1.54, 1.807) is 17.0 Å². The van der Waals surface area contributed by atoms with Crippen molar-refractivity contribution in [3.8, 4) is 0 Å². The van der Waals surface area contributed by atoms with E-state index in [0.717, 1.165) is 11.1 Å². The Hall–Kier alpha value is -2.73. The summed E-state index contributed by atoms with van der Waals surface area (Å²) < 4.78 is 18.7. The topological polar surface area (TPSA) is 58.6 Å². The summed E-state index contributed by atoms with van der Waals surface area (Å²) >= 11 is 0. The number of morpholine rings is 1. The minimum atomic E-state index is -0.307. The van der Waals surface area contributed by atoms with E-state index in [4.69, 9.17) is 4.74 Å². The van der Waals surface area contributed by atoms with Crippen LogP contribution < -0.4 is 5.32 Å². The van der Waals surface area contributed by atoms with Crippen LogP contribution in [0.2, 0.25) is 0 Å². The predicted octanol–water partition coefficient (Wildman–Crippen LogP) is 2.08. The lowest BCUT2D eigenvalue weighted by atomic mass is 10.1. The van der Waals surface area contributed by atoms with Gasteiger partial charge < -0.3 is 15.0 Å². The number of hydrogen-bond acceptors (Lipinski definition) is 3. The fourth-order valence-electron chi connectivity index (χ4n) is 2.88. The van der Waals surface area contributed by atoms with Gasteiger partial charge >= 0.3 is 0 Å². The number of nitrogens with one attached hydrogen (secondary N) is 1. The number of amides is 2. The van der Waals surface area contributed by atoms with Crippen molar-refractivity contribution in [3.63, 3.8) is 0 Å². The van der Waals surface area contributed by atoms with Crippen molar-refractivity contribution in [2.75, 3.05) is 26.2 Å². The zero-order chi connectivity index (χ0) is 18.4. The van der Waals surface area contributed by atoms with Gasteiger partial charge in [0, 0.05) is 6.54 Å². The van der Waals surface area contributed by atoms with Gasteiger partial charge in [0.25, 0.3) is 0 Å². The molecule has 0 aliphatic carbocycles. The molecule has 0 radical (unpaired) electrons. The molecule has 1 aliphatic heterocycles. The van der Waals surface area contributed by atoms with E-state index in [-0.39, 0.29) is 36.7 Å². The summed E-state index contributed by atoms with van der Waals surface area (Å²) in [5, 5.41) is 2.67. The Bertz CT molecular complexity index is 749. The third kappa shape index (κ3) is 4.89. The molecule has 2 amide bonds. The van der Waals surface area contributed by atoms with Crippen LogP contribution in [0.4, 0.5) is 4.39 Å². The SMILES string of the molecule is O=C(Cc1ccccc1)NCC(=O)N1CCOC(c2ccc(F)cc2)C1. The molecule has 5 nitrogen and oxygen atoms in total. The van der Waals surface area contributed by atoms with Gasteiger partial charge in [-0.05, 0) is 23.3 Å². The molecule has 1 heterocycles. The van der Waals surface area contributed by atoms with E-state index < -0.39 is 0 Å². The maximum atomic E-state index is 13.0. The van der Waals surface area contributed by atoms with E-state index in [9.17, 15) is 14.0 Å². The van der Waals surface area contributed by atoms with Gasteiger partial charge in [-0.2, -0.15) is 0 Å². The Morgan fingerprint density at radius 3 is 2.58 bits per heavy atom. The van der Waals surface area contributed by atoms with Crippen molar-refractivity contribution in [2.45, 2.75) is 12.5 Å². The summed E-state index contributed by atoms with van der Waals surface area (Å²) in [6.45, 7) is 1.23. The minimum absolute atomic E-state index is 0.0399. The maximum absolute atomic E-state index is 13.0. The van der Waals surface area contributed by atoms with Crippen LogP contribution in [0.25, 0.3) is 0 Å². The molecule has 1 saturated heterocycles. The molecule has 6 heteroatoms. The molecule has 0 aromatic heterocycles. The molecule has 0 saturated carbocycles. The Morgan fingerprint density at radius 1 is 1.12 bits per heavy atom. The number of hydrogen-bond donors (Lipinski definition) is 1. The second-order valence-electron chi connectivity index (χ2n) is 6.19. The molecule has 2 aromatic carbocycles. The average molecular weight is 356 g/mol. The van der Waals surface area contributed by atoms with Gasteiger partial charge in [-0.25, -0.2) is 4.39 Å². The number of carbonyl (C=O) groups excluding carboxylic acids is 2. The second-order valence-corrected chi connectivity index (χ2v) is 6.19. The van der Waals surface area contributed by atoms with Crippen molar-refractivity contribution < 1.29 is 18.7 Å². The Balaban J connectivity index is 1.49. The molecule has 3 rings (SSSR count). The maximum Gasteiger partial charge on any atom is 0.242 e. The first-order chi connectivity index (χ1) is 12.6. The van der Waals surface area contributed by atoms with Crippen LogP contribution in [0, 0.1) is 5.82 Å². The second kappa shape index (κ2) is 8.58. The number of ether oxygens (including phenoxy) is 1. The first-order valence-electron chi connectivity index (χ1n) is 8.57. The third-order valence-corrected chi connectivity index (χ3v) is 4.31. The number of rotatable bonds is 5. The van der Waals surface area contributed by atoms with Crippen LogP contribution in [0.5, 0.6) is 0 Å². The van der Waals surface area contributed by atoms with Crippen LogP contribution in [0.15, 0.2) is 54.6 Å². The summed E-state index contributed by atoms with van der Waals surface area (Å²) in [6, 6.07) is 15.5. The lowest BCUT2D eigenvalue weighted by Crippen LogP contribution is -2.46. The van der Waals surface area contributed by atoms with E-state index >= 15 is 0 Å². The van der Waals surface area contributed by atoms with E-state index in [1.807, 2.05) is 30.3 Å². The largest absolute Gasteiger partial charge is 0.370 e. The first kappa shape index (κ1) is 18.1. The predicted molar refractivity (Wildman–Crippen MR) is 94.8 cm³/mol. The highest BCUT2D eigenvalue weighted by Gasteiger charge is 2.25. The molecule has 0 spiro atoms. The highest BCUT2D eigenvalue weighted by molar-refractivity contribution is 5.85. The highest BCUT2D eigenvalue weighted by atomic mass is 19.1. The zero-order valence-corrected chi connectivity index (χ0v) is 14.4. The summed E-state index contributed by atoms with van der Waals surface area (Å²) in [5.74, 6) is -0.645. The van der Waals surface area contributed by atoms with Crippen LogP contribution in [-0.2, 0) is 20.7 Å². The zero-order valence-electron chi connectivity index (χ0n) is 14.4. The molecule has 1 aliphatic rings. The van der Waals surface area contributed by atoms with Crippen molar-refractivity contribution >= 4 is 11.8 Å². The summed E-state index contributed by atoms with van der Waals surface area (Å²) in [7, 11) is 0. The third-order valence-electron chi connectivity index (χ3n) is 4.31. The molecule has 1 fully saturated rings. The molecule has 26 heavy (non-hydrogen) atoms. The lowest BCUT2D eigenvalue weighted by Gasteiger charge is -2.33. The molecule has 1 N–H and O–H groups in total. The Morgan fingerprint density at radius 2 is 1.85 bits per heavy atom. The Labute approximate surface area is 151 Å². The molecular formula is C20H21FN2O3. The van der Waals surface area contributed by atoms with E-state index in [1.165, 1.54) is 12.1 Å². The van der Waals surface area contributed by atoms with Crippen LogP contribution in [-0.4, -0.2) is 43.0 Å². The molecular weight excluding hydrogens is 335 g/mol. The van der Waals surface area contributed by atoms with Gasteiger partial charge in [0.2, 0.25) is 11.8 Å². The van der Waals surface area contributed by atoms with Crippen molar-refractivity contribution in [3.05, 3.63) is 71.5 Å². The smallest absolute Gasteiger partial charge is 0.242 e. The number of carbonyl (C=O) groups is 2. The van der Waals surface area contributed by atoms with Crippen molar-refractivity contribution in [2.24, 2.45) is 0 Å². The monoisotopic (exact) mass is 356 g/mol. The van der Waals surface area contributed by atoms with Crippen LogP contribution in [0.1, 0.15) is 17.2 Å². The molecule has 1 unspecified atom stereocenters. The highest BCUT2D eigenvalue weighted by Crippen LogP contribution is 2.22. The van der Waals surface area contributed by atoms with Gasteiger partial charge in [0.1, 0.15) is 11.9 Å². The standard InChI is InChI=1S/C20H21FN2O3/c21-17-8-6-16(7-9-17)18-14-23(10-11-26-18)20(25)13-22-19(24)12-15-4-2-1-3-5-15/h1-9,18H,10-14H2,(H,22,24). The van der Waals surface area contributed by atoms with Crippen LogP contribution in [0.3, 0.4) is 0 Å². The summed E-state index contributed by atoms with van der Waals surface area (Å²) in [4.78, 5) is 26.0. The summed E-state index contributed by atoms with van der Waals surface area (Å²) in [6.07, 6.45) is -0.0385. The van der Waals surface area contributed by atoms with Crippen molar-refractivity contribution in [1.82, 2.24) is 10.2 Å². The first-order valence-corrected chi connectivity index (χ1v) is 8.57. The fraction of sp³-hybridized carbons (Fsp3) is 0.300. The molecule has 1 atom stereocenters. The van der Waals surface area contributed by atoms with E-state index in [0.29, 0.717) is 19.7 Å². The van der Waals surface area contributed by atoms with Gasteiger partial charge in [0.15, 0.2) is 0 Å². The lowest BCUT2D eigenvalue weighted by molar-refractivity contribution is -0.139. The van der Waals surface area contributed by atoms with Gasteiger partial charge in [-0.1, -0.05) is 42.5 Å². The van der Waals surface area contributed by atoms with Gasteiger partial charge in [-0.3, -0.25) is 9.59 Å². The Kier molecular flexibility index (Phi) is 5.96. The number of halogens is 1. The normalized spacial score (nSPS) is 17.0. The molecule has 0 bridgehead atoms. The van der Waals surface area contributed by atoms with Gasteiger partial charge in [0.05, 0.1) is 26.1 Å². The molecule has 136 valence electrons. The van der Waals surface area contributed by atoms with Crippen molar-refractivity contribution in [1.29, 1.82) is 0 Å². The minimum Gasteiger partial charge on any atom is -0.370 e. The van der Waals surface area contributed by atoms with E-state index in [2.05, 4.69) is 5.32 Å². The molecule has 2 aromatic rings. The summed E-state index contributed by atoms with van der Waals surface area (Å²) in [5.41, 5.74) is 1.73. The number of benzene rings is 2. The number of nitrogens with zero attached hydrogens (tertiary/aromatic N) is 1. The van der Waals surface area contributed by atoms with Crippen LogP contribution >= 0.6 is 0 Å². The fourth-order valence-corrected chi connectivity index (χ4v) is 2.88.